The highest BCUT2D eigenvalue weighted by Gasteiger charge is 2.38. The number of carbonyl (C=O) groups excluding carboxylic acids is 1. The zero-order chi connectivity index (χ0) is 18.6. The SMILES string of the molecule is C#CCCC1(CCNC(=O)c2nc(-c3ccc(Cl)cc3)[nH]c2CC)N=N1. The number of nitrogens with one attached hydrogen (secondary N) is 2. The molecule has 1 amide bonds. The molecule has 2 aromatic rings. The molecule has 0 saturated heterocycles. The summed E-state index contributed by atoms with van der Waals surface area (Å²) >= 11 is 5.92. The number of H-pyrrole nitrogens is 1. The number of benzene rings is 1. The first kappa shape index (κ1) is 18.2. The maximum atomic E-state index is 12.5. The molecule has 0 fully saturated rings. The highest BCUT2D eigenvalue weighted by molar-refractivity contribution is 6.30. The van der Waals surface area contributed by atoms with Crippen LogP contribution < -0.4 is 5.32 Å². The highest BCUT2D eigenvalue weighted by atomic mass is 35.5. The summed E-state index contributed by atoms with van der Waals surface area (Å²) in [6.07, 6.45) is 7.97. The Bertz CT molecular complexity index is 857. The summed E-state index contributed by atoms with van der Waals surface area (Å²) in [5, 5.41) is 11.7. The second kappa shape index (κ2) is 7.71. The van der Waals surface area contributed by atoms with Gasteiger partial charge in [-0.15, -0.1) is 12.3 Å². The predicted octanol–water partition coefficient (Wildman–Crippen LogP) is 3.99. The number of carbonyl (C=O) groups is 1. The molecule has 1 aromatic heterocycles. The van der Waals surface area contributed by atoms with Crippen LogP contribution in [0.4, 0.5) is 0 Å². The van der Waals surface area contributed by atoms with Crippen molar-refractivity contribution in [3.05, 3.63) is 40.7 Å². The second-order valence-electron chi connectivity index (χ2n) is 6.17. The number of rotatable bonds is 8. The van der Waals surface area contributed by atoms with Gasteiger partial charge in [0.15, 0.2) is 5.66 Å². The molecule has 6 nitrogen and oxygen atoms in total. The monoisotopic (exact) mass is 369 g/mol. The number of imidazole rings is 1. The summed E-state index contributed by atoms with van der Waals surface area (Å²) in [6.45, 7) is 2.45. The lowest BCUT2D eigenvalue weighted by molar-refractivity contribution is 0.0946. The smallest absolute Gasteiger partial charge is 0.271 e. The fourth-order valence-electron chi connectivity index (χ4n) is 2.73. The van der Waals surface area contributed by atoms with Crippen LogP contribution in [0.25, 0.3) is 11.4 Å². The molecule has 1 aromatic carbocycles. The van der Waals surface area contributed by atoms with E-state index in [0.29, 0.717) is 42.3 Å². The van der Waals surface area contributed by atoms with E-state index in [1.54, 1.807) is 12.1 Å². The number of hydrogen-bond donors (Lipinski definition) is 2. The van der Waals surface area contributed by atoms with Gasteiger partial charge in [-0.3, -0.25) is 4.79 Å². The van der Waals surface area contributed by atoms with Crippen molar-refractivity contribution in [1.29, 1.82) is 0 Å². The normalized spacial score (nSPS) is 14.0. The van der Waals surface area contributed by atoms with Crippen LogP contribution in [0.5, 0.6) is 0 Å². The summed E-state index contributed by atoms with van der Waals surface area (Å²) in [6, 6.07) is 7.33. The lowest BCUT2D eigenvalue weighted by Gasteiger charge is -2.09. The lowest BCUT2D eigenvalue weighted by atomic mass is 10.0. The van der Waals surface area contributed by atoms with Crippen molar-refractivity contribution < 1.29 is 4.79 Å². The van der Waals surface area contributed by atoms with Gasteiger partial charge in [0.25, 0.3) is 5.91 Å². The number of nitrogens with zero attached hydrogens (tertiary/aromatic N) is 3. The van der Waals surface area contributed by atoms with Crippen molar-refractivity contribution in [2.24, 2.45) is 10.2 Å². The second-order valence-corrected chi connectivity index (χ2v) is 6.60. The van der Waals surface area contributed by atoms with Crippen LogP contribution in [0.15, 0.2) is 34.5 Å². The Morgan fingerprint density at radius 2 is 2.04 bits per heavy atom. The fourth-order valence-corrected chi connectivity index (χ4v) is 2.85. The summed E-state index contributed by atoms with van der Waals surface area (Å²) in [5.74, 6) is 3.05. The number of hydrogen-bond acceptors (Lipinski definition) is 4. The molecule has 0 saturated carbocycles. The Morgan fingerprint density at radius 3 is 2.65 bits per heavy atom. The minimum atomic E-state index is -0.396. The first-order chi connectivity index (χ1) is 12.6. The van der Waals surface area contributed by atoms with Crippen LogP contribution in [0.1, 0.15) is 42.4 Å². The molecule has 2 N–H and O–H groups in total. The molecule has 0 spiro atoms. The Kier molecular flexibility index (Phi) is 5.38. The van der Waals surface area contributed by atoms with Crippen LogP contribution in [0.3, 0.4) is 0 Å². The lowest BCUT2D eigenvalue weighted by Crippen LogP contribution is -2.29. The largest absolute Gasteiger partial charge is 0.350 e. The molecular formula is C19H20ClN5O. The molecule has 26 heavy (non-hydrogen) atoms. The van der Waals surface area contributed by atoms with E-state index < -0.39 is 5.66 Å². The van der Waals surface area contributed by atoms with Gasteiger partial charge in [-0.1, -0.05) is 18.5 Å². The van der Waals surface area contributed by atoms with E-state index in [-0.39, 0.29) is 5.91 Å². The Hall–Kier alpha value is -2.65. The molecule has 2 heterocycles. The molecule has 0 atom stereocenters. The van der Waals surface area contributed by atoms with Gasteiger partial charge in [0.2, 0.25) is 0 Å². The van der Waals surface area contributed by atoms with Gasteiger partial charge >= 0.3 is 0 Å². The zero-order valence-corrected chi connectivity index (χ0v) is 15.3. The molecule has 0 radical (unpaired) electrons. The van der Waals surface area contributed by atoms with Crippen molar-refractivity contribution in [1.82, 2.24) is 15.3 Å². The van der Waals surface area contributed by atoms with E-state index in [2.05, 4.69) is 31.4 Å². The predicted molar refractivity (Wildman–Crippen MR) is 101 cm³/mol. The van der Waals surface area contributed by atoms with Crippen LogP contribution in [0, 0.1) is 12.3 Å². The molecule has 0 bridgehead atoms. The number of aromatic amines is 1. The van der Waals surface area contributed by atoms with Crippen LogP contribution in [-0.2, 0) is 6.42 Å². The Morgan fingerprint density at radius 1 is 1.31 bits per heavy atom. The Balaban J connectivity index is 1.64. The maximum absolute atomic E-state index is 12.5. The quantitative estimate of drug-likeness (QED) is 0.690. The van der Waals surface area contributed by atoms with Gasteiger partial charge in [0.1, 0.15) is 11.5 Å². The van der Waals surface area contributed by atoms with Gasteiger partial charge in [0.05, 0.1) is 0 Å². The fraction of sp³-hybridized carbons (Fsp3) is 0.368. The molecule has 0 aliphatic carbocycles. The van der Waals surface area contributed by atoms with Crippen LogP contribution in [0.2, 0.25) is 5.02 Å². The summed E-state index contributed by atoms with van der Waals surface area (Å²) < 4.78 is 0. The molecule has 0 unspecified atom stereocenters. The minimum Gasteiger partial charge on any atom is -0.350 e. The maximum Gasteiger partial charge on any atom is 0.271 e. The van der Waals surface area contributed by atoms with Gasteiger partial charge in [-0.2, -0.15) is 10.2 Å². The van der Waals surface area contributed by atoms with Gasteiger partial charge in [-0.25, -0.2) is 4.98 Å². The van der Waals surface area contributed by atoms with E-state index in [1.807, 2.05) is 19.1 Å². The van der Waals surface area contributed by atoms with Gasteiger partial charge in [0, 0.05) is 42.1 Å². The average molecular weight is 370 g/mol. The van der Waals surface area contributed by atoms with Gasteiger partial charge < -0.3 is 10.3 Å². The summed E-state index contributed by atoms with van der Waals surface area (Å²) in [4.78, 5) is 20.2. The standard InChI is InChI=1S/C19H20ClN5O/c1-3-5-10-19(24-25-19)11-12-21-18(26)16-15(4-2)22-17(23-16)13-6-8-14(20)9-7-13/h1,6-9H,4-5,10-12H2,2H3,(H,21,26)(H,22,23). The number of halogens is 1. The molecule has 3 rings (SSSR count). The molecular weight excluding hydrogens is 350 g/mol. The molecule has 7 heteroatoms. The van der Waals surface area contributed by atoms with E-state index in [0.717, 1.165) is 17.7 Å². The van der Waals surface area contributed by atoms with Crippen molar-refractivity contribution in [2.75, 3.05) is 6.54 Å². The van der Waals surface area contributed by atoms with Crippen molar-refractivity contribution in [3.8, 4) is 23.7 Å². The molecule has 1 aliphatic heterocycles. The van der Waals surface area contributed by atoms with Gasteiger partial charge in [-0.05, 0) is 30.7 Å². The number of terminal acetylenes is 1. The topological polar surface area (TPSA) is 82.5 Å². The third-order valence-corrected chi connectivity index (χ3v) is 4.58. The van der Waals surface area contributed by atoms with Crippen LogP contribution in [-0.4, -0.2) is 28.1 Å². The van der Waals surface area contributed by atoms with E-state index in [9.17, 15) is 4.79 Å². The molecule has 1 aliphatic rings. The minimum absolute atomic E-state index is 0.203. The van der Waals surface area contributed by atoms with E-state index >= 15 is 0 Å². The average Bonchev–Trinajstić information content (AvgIpc) is 3.28. The van der Waals surface area contributed by atoms with E-state index in [1.165, 1.54) is 0 Å². The summed E-state index contributed by atoms with van der Waals surface area (Å²) in [5.41, 5.74) is 1.70. The number of aromatic nitrogens is 2. The summed E-state index contributed by atoms with van der Waals surface area (Å²) in [7, 11) is 0. The first-order valence-corrected chi connectivity index (χ1v) is 8.95. The van der Waals surface area contributed by atoms with E-state index in [4.69, 9.17) is 18.0 Å². The number of aryl methyl sites for hydroxylation is 1. The zero-order valence-electron chi connectivity index (χ0n) is 14.6. The highest BCUT2D eigenvalue weighted by Crippen LogP contribution is 2.36. The van der Waals surface area contributed by atoms with Crippen LogP contribution >= 0.6 is 11.6 Å². The number of amides is 1. The third kappa shape index (κ3) is 4.12. The van der Waals surface area contributed by atoms with Crippen molar-refractivity contribution >= 4 is 17.5 Å². The Labute approximate surface area is 157 Å². The first-order valence-electron chi connectivity index (χ1n) is 8.57. The molecule has 134 valence electrons. The van der Waals surface area contributed by atoms with Crippen molar-refractivity contribution in [3.63, 3.8) is 0 Å². The van der Waals surface area contributed by atoms with Crippen molar-refractivity contribution in [2.45, 2.75) is 38.3 Å². The third-order valence-electron chi connectivity index (χ3n) is 4.33.